The highest BCUT2D eigenvalue weighted by molar-refractivity contribution is 6.32. The standard InChI is InChI=1S/C20H21ClN2O5/c1-13(28-17-6-3-2-5-16(17)21)20(27)23-15-11-9-14(10-12-15)22-18(24)7-4-8-19(25)26/h2-3,5-6,9-13H,4,7-8H2,1H3,(H,22,24)(H,23,27)(H,25,26). The van der Waals surface area contributed by atoms with E-state index in [-0.39, 0.29) is 31.1 Å². The van der Waals surface area contributed by atoms with Crippen LogP contribution in [-0.2, 0) is 14.4 Å². The second-order valence-corrected chi connectivity index (χ2v) is 6.46. The van der Waals surface area contributed by atoms with Crippen LogP contribution in [0.3, 0.4) is 0 Å². The van der Waals surface area contributed by atoms with Gasteiger partial charge < -0.3 is 20.5 Å². The van der Waals surface area contributed by atoms with E-state index in [0.717, 1.165) is 0 Å². The van der Waals surface area contributed by atoms with Crippen molar-refractivity contribution in [2.75, 3.05) is 10.6 Å². The van der Waals surface area contributed by atoms with Gasteiger partial charge in [-0.2, -0.15) is 0 Å². The van der Waals surface area contributed by atoms with Crippen molar-refractivity contribution in [3.05, 3.63) is 53.6 Å². The maximum Gasteiger partial charge on any atom is 0.303 e. The first-order valence-corrected chi connectivity index (χ1v) is 9.06. The van der Waals surface area contributed by atoms with Gasteiger partial charge in [0.25, 0.3) is 5.91 Å². The van der Waals surface area contributed by atoms with Crippen LogP contribution in [0.4, 0.5) is 11.4 Å². The lowest BCUT2D eigenvalue weighted by Crippen LogP contribution is -2.30. The van der Waals surface area contributed by atoms with E-state index >= 15 is 0 Å². The predicted molar refractivity (Wildman–Crippen MR) is 107 cm³/mol. The minimum Gasteiger partial charge on any atom is -0.481 e. The summed E-state index contributed by atoms with van der Waals surface area (Å²) in [6.45, 7) is 1.62. The molecular formula is C20H21ClN2O5. The minimum atomic E-state index is -0.930. The van der Waals surface area contributed by atoms with Gasteiger partial charge in [-0.05, 0) is 49.7 Å². The Morgan fingerprint density at radius 2 is 1.61 bits per heavy atom. The van der Waals surface area contributed by atoms with Gasteiger partial charge in [0.2, 0.25) is 5.91 Å². The molecule has 0 spiro atoms. The Morgan fingerprint density at radius 3 is 2.21 bits per heavy atom. The molecule has 2 aromatic carbocycles. The third-order valence-electron chi connectivity index (χ3n) is 3.74. The maximum absolute atomic E-state index is 12.3. The Kier molecular flexibility index (Phi) is 7.83. The highest BCUT2D eigenvalue weighted by atomic mass is 35.5. The van der Waals surface area contributed by atoms with E-state index in [1.54, 1.807) is 55.5 Å². The number of aliphatic carboxylic acids is 1. The first-order chi connectivity index (χ1) is 13.3. The molecule has 7 nitrogen and oxygen atoms in total. The largest absolute Gasteiger partial charge is 0.481 e. The van der Waals surface area contributed by atoms with Crippen LogP contribution in [0.1, 0.15) is 26.2 Å². The van der Waals surface area contributed by atoms with Crippen molar-refractivity contribution in [3.8, 4) is 5.75 Å². The van der Waals surface area contributed by atoms with Crippen LogP contribution in [0.25, 0.3) is 0 Å². The molecule has 0 aliphatic carbocycles. The summed E-state index contributed by atoms with van der Waals surface area (Å²) in [7, 11) is 0. The average Bonchev–Trinajstić information content (AvgIpc) is 2.64. The zero-order chi connectivity index (χ0) is 20.5. The fourth-order valence-corrected chi connectivity index (χ4v) is 2.47. The number of nitrogens with one attached hydrogen (secondary N) is 2. The first-order valence-electron chi connectivity index (χ1n) is 8.69. The average molecular weight is 405 g/mol. The third-order valence-corrected chi connectivity index (χ3v) is 4.05. The van der Waals surface area contributed by atoms with Gasteiger partial charge in [0.15, 0.2) is 6.10 Å². The molecule has 0 aliphatic rings. The minimum absolute atomic E-state index is 0.0488. The zero-order valence-corrected chi connectivity index (χ0v) is 16.0. The first kappa shape index (κ1) is 21.2. The molecule has 0 radical (unpaired) electrons. The number of carbonyl (C=O) groups is 3. The molecule has 0 heterocycles. The SMILES string of the molecule is CC(Oc1ccccc1Cl)C(=O)Nc1ccc(NC(=O)CCCC(=O)O)cc1. The third kappa shape index (κ3) is 6.92. The monoisotopic (exact) mass is 404 g/mol. The molecule has 2 amide bonds. The summed E-state index contributed by atoms with van der Waals surface area (Å²) in [6, 6.07) is 13.5. The number of carboxylic acids is 1. The number of benzene rings is 2. The van der Waals surface area contributed by atoms with Gasteiger partial charge >= 0.3 is 5.97 Å². The summed E-state index contributed by atoms with van der Waals surface area (Å²) < 4.78 is 5.57. The van der Waals surface area contributed by atoms with Crippen molar-refractivity contribution in [2.24, 2.45) is 0 Å². The summed E-state index contributed by atoms with van der Waals surface area (Å²) in [5.41, 5.74) is 1.10. The van der Waals surface area contributed by atoms with Crippen molar-refractivity contribution in [1.29, 1.82) is 0 Å². The van der Waals surface area contributed by atoms with Crippen LogP contribution in [0.5, 0.6) is 5.75 Å². The summed E-state index contributed by atoms with van der Waals surface area (Å²) in [5, 5.41) is 14.4. The Morgan fingerprint density at radius 1 is 1.00 bits per heavy atom. The zero-order valence-electron chi connectivity index (χ0n) is 15.3. The van der Waals surface area contributed by atoms with Crippen LogP contribution in [-0.4, -0.2) is 29.0 Å². The Labute approximate surface area is 167 Å². The number of ether oxygens (including phenoxy) is 1. The lowest BCUT2D eigenvalue weighted by atomic mass is 10.2. The molecular weight excluding hydrogens is 384 g/mol. The summed E-state index contributed by atoms with van der Waals surface area (Å²) in [6.07, 6.45) is -0.402. The van der Waals surface area contributed by atoms with Gasteiger partial charge in [0.05, 0.1) is 5.02 Å². The fraction of sp³-hybridized carbons (Fsp3) is 0.250. The maximum atomic E-state index is 12.3. The second-order valence-electron chi connectivity index (χ2n) is 6.05. The molecule has 0 aromatic heterocycles. The number of rotatable bonds is 9. The predicted octanol–water partition coefficient (Wildman–Crippen LogP) is 3.94. The van der Waals surface area contributed by atoms with Gasteiger partial charge in [0.1, 0.15) is 5.75 Å². The molecule has 0 fully saturated rings. The van der Waals surface area contributed by atoms with Crippen molar-refractivity contribution < 1.29 is 24.2 Å². The summed E-state index contributed by atoms with van der Waals surface area (Å²) in [5.74, 6) is -1.11. The van der Waals surface area contributed by atoms with Gasteiger partial charge in [-0.25, -0.2) is 0 Å². The fourth-order valence-electron chi connectivity index (χ4n) is 2.29. The van der Waals surface area contributed by atoms with E-state index < -0.39 is 12.1 Å². The second kappa shape index (κ2) is 10.3. The molecule has 0 saturated heterocycles. The molecule has 0 bridgehead atoms. The highest BCUT2D eigenvalue weighted by Gasteiger charge is 2.16. The number of halogens is 1. The van der Waals surface area contributed by atoms with Gasteiger partial charge in [-0.3, -0.25) is 14.4 Å². The van der Waals surface area contributed by atoms with Crippen LogP contribution in [0.15, 0.2) is 48.5 Å². The van der Waals surface area contributed by atoms with Crippen LogP contribution < -0.4 is 15.4 Å². The lowest BCUT2D eigenvalue weighted by molar-refractivity contribution is -0.137. The number of carbonyl (C=O) groups excluding carboxylic acids is 2. The van der Waals surface area contributed by atoms with Crippen LogP contribution in [0, 0.1) is 0 Å². The number of anilines is 2. The molecule has 28 heavy (non-hydrogen) atoms. The Hall–Kier alpha value is -3.06. The van der Waals surface area contributed by atoms with Crippen LogP contribution in [0.2, 0.25) is 5.02 Å². The van der Waals surface area contributed by atoms with Crippen molar-refractivity contribution in [2.45, 2.75) is 32.3 Å². The topological polar surface area (TPSA) is 105 Å². The summed E-state index contributed by atoms with van der Waals surface area (Å²) in [4.78, 5) is 34.5. The summed E-state index contributed by atoms with van der Waals surface area (Å²) >= 11 is 6.02. The van der Waals surface area contributed by atoms with E-state index in [1.165, 1.54) is 0 Å². The normalized spacial score (nSPS) is 11.4. The number of amides is 2. The number of carboxylic acid groups (broad SMARTS) is 1. The molecule has 1 unspecified atom stereocenters. The molecule has 8 heteroatoms. The van der Waals surface area contributed by atoms with E-state index in [0.29, 0.717) is 22.1 Å². The van der Waals surface area contributed by atoms with E-state index in [9.17, 15) is 14.4 Å². The lowest BCUT2D eigenvalue weighted by Gasteiger charge is -2.15. The quantitative estimate of drug-likeness (QED) is 0.587. The van der Waals surface area contributed by atoms with Crippen molar-refractivity contribution in [3.63, 3.8) is 0 Å². The number of hydrogen-bond acceptors (Lipinski definition) is 4. The van der Waals surface area contributed by atoms with E-state index in [2.05, 4.69) is 10.6 Å². The molecule has 1 atom stereocenters. The van der Waals surface area contributed by atoms with Gasteiger partial charge in [0, 0.05) is 24.2 Å². The molecule has 2 aromatic rings. The Bertz CT molecular complexity index is 839. The van der Waals surface area contributed by atoms with Crippen molar-refractivity contribution >= 4 is 40.8 Å². The molecule has 148 valence electrons. The molecule has 3 N–H and O–H groups in total. The van der Waals surface area contributed by atoms with Crippen molar-refractivity contribution in [1.82, 2.24) is 0 Å². The van der Waals surface area contributed by atoms with E-state index in [4.69, 9.17) is 21.4 Å². The van der Waals surface area contributed by atoms with Gasteiger partial charge in [-0.15, -0.1) is 0 Å². The van der Waals surface area contributed by atoms with Crippen LogP contribution >= 0.6 is 11.6 Å². The smallest absolute Gasteiger partial charge is 0.303 e. The number of para-hydroxylation sites is 1. The van der Waals surface area contributed by atoms with Gasteiger partial charge in [-0.1, -0.05) is 23.7 Å². The Balaban J connectivity index is 1.84. The highest BCUT2D eigenvalue weighted by Crippen LogP contribution is 2.24. The molecule has 2 rings (SSSR count). The molecule has 0 saturated carbocycles. The molecule has 0 aliphatic heterocycles. The van der Waals surface area contributed by atoms with E-state index in [1.807, 2.05) is 0 Å². The number of hydrogen-bond donors (Lipinski definition) is 3.